The summed E-state index contributed by atoms with van der Waals surface area (Å²) >= 11 is 0. The summed E-state index contributed by atoms with van der Waals surface area (Å²) in [5.41, 5.74) is -0.469. The Labute approximate surface area is 101 Å². The van der Waals surface area contributed by atoms with E-state index in [0.717, 1.165) is 12.1 Å². The molecule has 0 bridgehead atoms. The summed E-state index contributed by atoms with van der Waals surface area (Å²) in [6, 6.07) is 2.01. The highest BCUT2D eigenvalue weighted by atomic mass is 19.1. The summed E-state index contributed by atoms with van der Waals surface area (Å²) in [5.74, 6) is -2.94. The quantitative estimate of drug-likeness (QED) is 0.896. The van der Waals surface area contributed by atoms with Crippen molar-refractivity contribution in [1.82, 2.24) is 0 Å². The molecule has 0 unspecified atom stereocenters. The molecule has 1 N–H and O–H groups in total. The van der Waals surface area contributed by atoms with Gasteiger partial charge in [0.1, 0.15) is 17.4 Å². The zero-order valence-corrected chi connectivity index (χ0v) is 9.50. The molecule has 96 valence electrons. The molecule has 2 rings (SSSR count). The van der Waals surface area contributed by atoms with Crippen molar-refractivity contribution in [1.29, 1.82) is 0 Å². The predicted molar refractivity (Wildman–Crippen MR) is 58.3 cm³/mol. The molecule has 0 fully saturated rings. The Bertz CT molecular complexity index is 514. The van der Waals surface area contributed by atoms with E-state index in [-0.39, 0.29) is 35.7 Å². The summed E-state index contributed by atoms with van der Waals surface area (Å²) in [4.78, 5) is 10.9. The lowest BCUT2D eigenvalue weighted by Crippen LogP contribution is -2.05. The molecule has 18 heavy (non-hydrogen) atoms. The largest absolute Gasteiger partial charge is 0.497 e. The monoisotopic (exact) mass is 256 g/mol. The molecule has 1 aromatic carbocycles. The van der Waals surface area contributed by atoms with Crippen LogP contribution in [0.5, 0.6) is 5.75 Å². The molecular formula is C12H10F2O4. The molecule has 1 aromatic rings. The van der Waals surface area contributed by atoms with E-state index < -0.39 is 17.6 Å². The number of benzene rings is 1. The highest BCUT2D eigenvalue weighted by Crippen LogP contribution is 2.31. The fourth-order valence-corrected chi connectivity index (χ4v) is 1.80. The molecule has 0 radical (unpaired) electrons. The summed E-state index contributed by atoms with van der Waals surface area (Å²) in [5, 5.41) is 8.92. The number of hydrogen-bond acceptors (Lipinski definition) is 3. The van der Waals surface area contributed by atoms with Gasteiger partial charge in [0.15, 0.2) is 0 Å². The Balaban J connectivity index is 2.58. The highest BCUT2D eigenvalue weighted by molar-refractivity contribution is 5.98. The Kier molecular flexibility index (Phi) is 3.29. The Morgan fingerprint density at radius 2 is 1.94 bits per heavy atom. The van der Waals surface area contributed by atoms with E-state index >= 15 is 0 Å². The van der Waals surface area contributed by atoms with Gasteiger partial charge in [-0.25, -0.2) is 13.6 Å². The lowest BCUT2D eigenvalue weighted by molar-refractivity contribution is -0.132. The summed E-state index contributed by atoms with van der Waals surface area (Å²) < 4.78 is 37.2. The smallest absolute Gasteiger partial charge is 0.334 e. The van der Waals surface area contributed by atoms with Crippen LogP contribution in [0.4, 0.5) is 8.78 Å². The third-order valence-corrected chi connectivity index (χ3v) is 2.67. The second-order valence-electron chi connectivity index (χ2n) is 3.72. The van der Waals surface area contributed by atoms with Crippen molar-refractivity contribution >= 4 is 11.5 Å². The fraction of sp³-hybridized carbons (Fsp3) is 0.250. The maximum Gasteiger partial charge on any atom is 0.334 e. The number of carboxylic acids is 1. The molecule has 0 amide bonds. The number of ether oxygens (including phenoxy) is 2. The first kappa shape index (κ1) is 12.5. The van der Waals surface area contributed by atoms with E-state index in [0.29, 0.717) is 0 Å². The second kappa shape index (κ2) is 4.73. The molecule has 0 aliphatic carbocycles. The van der Waals surface area contributed by atoms with Gasteiger partial charge >= 0.3 is 5.97 Å². The molecule has 4 nitrogen and oxygen atoms in total. The van der Waals surface area contributed by atoms with E-state index in [9.17, 15) is 13.6 Å². The molecule has 1 heterocycles. The number of halogens is 2. The van der Waals surface area contributed by atoms with Gasteiger partial charge in [-0.3, -0.25) is 0 Å². The van der Waals surface area contributed by atoms with Crippen LogP contribution < -0.4 is 4.74 Å². The third kappa shape index (κ3) is 2.06. The number of carboxylic acid groups (broad SMARTS) is 1. The van der Waals surface area contributed by atoms with Crippen molar-refractivity contribution in [2.75, 3.05) is 20.3 Å². The molecule has 0 aromatic heterocycles. The van der Waals surface area contributed by atoms with Crippen LogP contribution in [0.3, 0.4) is 0 Å². The van der Waals surface area contributed by atoms with Crippen molar-refractivity contribution in [3.8, 4) is 5.75 Å². The van der Waals surface area contributed by atoms with Crippen LogP contribution in [0.25, 0.3) is 5.57 Å². The minimum absolute atomic E-state index is 0.0279. The first-order chi connectivity index (χ1) is 8.54. The van der Waals surface area contributed by atoms with Gasteiger partial charge in [0.2, 0.25) is 0 Å². The van der Waals surface area contributed by atoms with E-state index in [1.807, 2.05) is 0 Å². The third-order valence-electron chi connectivity index (χ3n) is 2.67. The SMILES string of the molecule is COc1cc(F)c(C2=C(C(=O)O)COC2)c(F)c1. The second-order valence-corrected chi connectivity index (χ2v) is 3.72. The molecule has 0 atom stereocenters. The maximum atomic E-state index is 13.8. The van der Waals surface area contributed by atoms with E-state index in [4.69, 9.17) is 14.6 Å². The van der Waals surface area contributed by atoms with Crippen molar-refractivity contribution < 1.29 is 28.2 Å². The van der Waals surface area contributed by atoms with Crippen LogP contribution in [0, 0.1) is 11.6 Å². The predicted octanol–water partition coefficient (Wildman–Crippen LogP) is 1.84. The molecular weight excluding hydrogens is 246 g/mol. The topological polar surface area (TPSA) is 55.8 Å². The summed E-state index contributed by atoms with van der Waals surface area (Å²) in [6.07, 6.45) is 0. The number of carbonyl (C=O) groups is 1. The normalized spacial score (nSPS) is 15.1. The molecule has 0 spiro atoms. The highest BCUT2D eigenvalue weighted by Gasteiger charge is 2.27. The van der Waals surface area contributed by atoms with Crippen LogP contribution in [-0.2, 0) is 9.53 Å². The van der Waals surface area contributed by atoms with Crippen molar-refractivity contribution in [3.05, 3.63) is 34.9 Å². The van der Waals surface area contributed by atoms with E-state index in [1.165, 1.54) is 7.11 Å². The van der Waals surface area contributed by atoms with Crippen LogP contribution in [-0.4, -0.2) is 31.4 Å². The Morgan fingerprint density at radius 1 is 1.33 bits per heavy atom. The van der Waals surface area contributed by atoms with Crippen LogP contribution in [0.1, 0.15) is 5.56 Å². The molecule has 6 heteroatoms. The molecule has 1 aliphatic heterocycles. The Morgan fingerprint density at radius 3 is 2.44 bits per heavy atom. The fourth-order valence-electron chi connectivity index (χ4n) is 1.80. The maximum absolute atomic E-state index is 13.8. The number of hydrogen-bond donors (Lipinski definition) is 1. The van der Waals surface area contributed by atoms with Gasteiger partial charge in [-0.05, 0) is 0 Å². The number of methoxy groups -OCH3 is 1. The standard InChI is InChI=1S/C12H10F2O4/c1-17-6-2-9(13)11(10(14)3-6)7-4-18-5-8(7)12(15)16/h2-3H,4-5H2,1H3,(H,15,16). The van der Waals surface area contributed by atoms with Gasteiger partial charge in [-0.1, -0.05) is 0 Å². The van der Waals surface area contributed by atoms with Crippen molar-refractivity contribution in [2.24, 2.45) is 0 Å². The van der Waals surface area contributed by atoms with Gasteiger partial charge < -0.3 is 14.6 Å². The van der Waals surface area contributed by atoms with Gasteiger partial charge in [0, 0.05) is 17.7 Å². The van der Waals surface area contributed by atoms with E-state index in [2.05, 4.69) is 0 Å². The van der Waals surface area contributed by atoms with Crippen molar-refractivity contribution in [2.45, 2.75) is 0 Å². The molecule has 1 aliphatic rings. The van der Waals surface area contributed by atoms with E-state index in [1.54, 1.807) is 0 Å². The number of aliphatic carboxylic acids is 1. The first-order valence-corrected chi connectivity index (χ1v) is 5.11. The van der Waals surface area contributed by atoms with Gasteiger partial charge in [-0.2, -0.15) is 0 Å². The van der Waals surface area contributed by atoms with Gasteiger partial charge in [-0.15, -0.1) is 0 Å². The van der Waals surface area contributed by atoms with Crippen LogP contribution in [0.2, 0.25) is 0 Å². The minimum Gasteiger partial charge on any atom is -0.497 e. The summed E-state index contributed by atoms with van der Waals surface area (Å²) in [7, 11) is 1.29. The Hall–Kier alpha value is -1.95. The molecule has 0 saturated heterocycles. The first-order valence-electron chi connectivity index (χ1n) is 5.11. The zero-order valence-electron chi connectivity index (χ0n) is 9.50. The lowest BCUT2D eigenvalue weighted by atomic mass is 10.0. The average molecular weight is 256 g/mol. The van der Waals surface area contributed by atoms with Crippen molar-refractivity contribution in [3.63, 3.8) is 0 Å². The summed E-state index contributed by atoms with van der Waals surface area (Å²) in [6.45, 7) is -0.280. The minimum atomic E-state index is -1.24. The van der Waals surface area contributed by atoms with Crippen LogP contribution >= 0.6 is 0 Å². The molecule has 0 saturated carbocycles. The average Bonchev–Trinajstić information content (AvgIpc) is 2.77. The lowest BCUT2D eigenvalue weighted by Gasteiger charge is -2.08. The van der Waals surface area contributed by atoms with Gasteiger partial charge in [0.05, 0.1) is 31.5 Å². The zero-order chi connectivity index (χ0) is 13.3. The van der Waals surface area contributed by atoms with Crippen LogP contribution in [0.15, 0.2) is 17.7 Å². The van der Waals surface area contributed by atoms with Gasteiger partial charge in [0.25, 0.3) is 0 Å². The number of rotatable bonds is 3.